The van der Waals surface area contributed by atoms with E-state index < -0.39 is 10.0 Å². The number of anilines is 1. The number of rotatable bonds is 6. The van der Waals surface area contributed by atoms with Crippen molar-refractivity contribution in [2.45, 2.75) is 18.2 Å². The smallest absolute Gasteiger partial charge is 0.265 e. The molecule has 1 aromatic heterocycles. The molecule has 6 nitrogen and oxygen atoms in total. The van der Waals surface area contributed by atoms with Crippen LogP contribution >= 0.6 is 46.3 Å². The molecule has 3 rings (SSSR count). The Bertz CT molecular complexity index is 940. The average Bonchev–Trinajstić information content (AvgIpc) is 2.98. The highest BCUT2D eigenvalue weighted by Crippen LogP contribution is 2.31. The van der Waals surface area contributed by atoms with Crippen molar-refractivity contribution in [3.63, 3.8) is 0 Å². The van der Waals surface area contributed by atoms with Crippen LogP contribution in [0.2, 0.25) is 10.0 Å². The molecule has 0 amide bonds. The van der Waals surface area contributed by atoms with Crippen molar-refractivity contribution < 1.29 is 13.2 Å². The van der Waals surface area contributed by atoms with Gasteiger partial charge in [0.1, 0.15) is 4.90 Å². The van der Waals surface area contributed by atoms with Crippen molar-refractivity contribution in [1.29, 1.82) is 0 Å². The molecule has 1 fully saturated rings. The molecule has 146 valence electrons. The second kappa shape index (κ2) is 8.67. The number of benzene rings is 1. The molecule has 0 bridgehead atoms. The number of carbonyl (C=O) groups is 1. The fraction of sp³-hybridized carbons (Fsp3) is 0.375. The van der Waals surface area contributed by atoms with Crippen molar-refractivity contribution in [3.05, 3.63) is 38.8 Å². The number of hydrogen-bond donors (Lipinski definition) is 1. The van der Waals surface area contributed by atoms with Gasteiger partial charge in [-0.05, 0) is 31.0 Å². The third kappa shape index (κ3) is 5.36. The van der Waals surface area contributed by atoms with Crippen LogP contribution in [0, 0.1) is 6.92 Å². The molecule has 1 aromatic carbocycles. The van der Waals surface area contributed by atoms with Crippen molar-refractivity contribution >= 4 is 66.6 Å². The Morgan fingerprint density at radius 3 is 2.81 bits per heavy atom. The summed E-state index contributed by atoms with van der Waals surface area (Å²) < 4.78 is 27.9. The Labute approximate surface area is 176 Å². The summed E-state index contributed by atoms with van der Waals surface area (Å²) in [6.07, 6.45) is 2.36. The van der Waals surface area contributed by atoms with E-state index in [0.29, 0.717) is 23.6 Å². The lowest BCUT2D eigenvalue weighted by molar-refractivity contribution is -0.112. The average molecular weight is 466 g/mol. The third-order valence-corrected chi connectivity index (χ3v) is 8.05. The summed E-state index contributed by atoms with van der Waals surface area (Å²) in [6, 6.07) is 2.95. The van der Waals surface area contributed by atoms with Gasteiger partial charge in [-0.1, -0.05) is 35.0 Å². The summed E-state index contributed by atoms with van der Waals surface area (Å²) in [5.41, 5.74) is 0.462. The van der Waals surface area contributed by atoms with Crippen LogP contribution in [0.5, 0.6) is 0 Å². The van der Waals surface area contributed by atoms with Crippen LogP contribution < -0.4 is 4.72 Å². The lowest BCUT2D eigenvalue weighted by Crippen LogP contribution is -2.36. The number of sulfonamides is 1. The lowest BCUT2D eigenvalue weighted by Gasteiger charge is -2.24. The van der Waals surface area contributed by atoms with Gasteiger partial charge >= 0.3 is 0 Å². The maximum Gasteiger partial charge on any atom is 0.265 e. The molecule has 1 aliphatic rings. The Balaban J connectivity index is 1.67. The molecule has 0 radical (unpaired) electrons. The van der Waals surface area contributed by atoms with Crippen LogP contribution in [-0.4, -0.2) is 48.8 Å². The van der Waals surface area contributed by atoms with Crippen LogP contribution in [0.1, 0.15) is 10.4 Å². The van der Waals surface area contributed by atoms with Gasteiger partial charge in [0, 0.05) is 34.9 Å². The van der Waals surface area contributed by atoms with Crippen LogP contribution in [0.15, 0.2) is 23.2 Å². The first kappa shape index (κ1) is 20.9. The third-order valence-electron chi connectivity index (χ3n) is 3.94. The number of nitrogens with one attached hydrogen (secondary N) is 1. The van der Waals surface area contributed by atoms with E-state index in [1.807, 2.05) is 0 Å². The molecule has 1 aliphatic heterocycles. The molecule has 2 heterocycles. The van der Waals surface area contributed by atoms with E-state index in [1.165, 1.54) is 29.2 Å². The van der Waals surface area contributed by atoms with E-state index in [1.54, 1.807) is 19.2 Å². The summed E-state index contributed by atoms with van der Waals surface area (Å²) >= 11 is 14.6. The molecule has 0 aliphatic carbocycles. The van der Waals surface area contributed by atoms with E-state index in [9.17, 15) is 13.2 Å². The number of aromatic nitrogens is 1. The number of carbonyl (C=O) groups excluding carboxylic acids is 1. The van der Waals surface area contributed by atoms with Crippen LogP contribution in [-0.2, 0) is 21.2 Å². The summed E-state index contributed by atoms with van der Waals surface area (Å²) in [5, 5.41) is 0.911. The second-order valence-corrected chi connectivity index (χ2v) is 10.7. The fourth-order valence-corrected chi connectivity index (χ4v) is 6.80. The van der Waals surface area contributed by atoms with E-state index in [0.717, 1.165) is 23.7 Å². The maximum absolute atomic E-state index is 12.7. The van der Waals surface area contributed by atoms with Crippen molar-refractivity contribution in [2.24, 2.45) is 0 Å². The standard InChI is InChI=1S/C16H17Cl2N3O3S3/c1-10-6-11(17)7-13(18)15(10)27(23,24)20-16-19-8-12(26-16)2-3-21-4-5-25-14(22)9-21/h6-8H,2-5,9H2,1H3,(H,19,20). The second-order valence-electron chi connectivity index (χ2n) is 6.02. The minimum atomic E-state index is -3.87. The number of halogens is 2. The number of thiazole rings is 1. The highest BCUT2D eigenvalue weighted by molar-refractivity contribution is 8.13. The molecule has 1 saturated heterocycles. The van der Waals surface area contributed by atoms with Gasteiger partial charge in [0.25, 0.3) is 10.0 Å². The van der Waals surface area contributed by atoms with Gasteiger partial charge in [0.05, 0.1) is 11.6 Å². The fourth-order valence-electron chi connectivity index (χ4n) is 2.72. The first-order chi connectivity index (χ1) is 12.7. The van der Waals surface area contributed by atoms with Gasteiger partial charge in [-0.15, -0.1) is 11.3 Å². The molecule has 0 unspecified atom stereocenters. The zero-order valence-electron chi connectivity index (χ0n) is 14.4. The molecule has 11 heteroatoms. The minimum Gasteiger partial charge on any atom is -0.294 e. The Kier molecular flexibility index (Phi) is 6.70. The van der Waals surface area contributed by atoms with Crippen LogP contribution in [0.4, 0.5) is 5.13 Å². The predicted octanol–water partition coefficient (Wildman–Crippen LogP) is 3.68. The molecule has 1 N–H and O–H groups in total. The topological polar surface area (TPSA) is 79.4 Å². The normalized spacial score (nSPS) is 15.9. The summed E-state index contributed by atoms with van der Waals surface area (Å²) in [4.78, 5) is 18.7. The molecule has 0 saturated carbocycles. The maximum atomic E-state index is 12.7. The van der Waals surface area contributed by atoms with E-state index in [4.69, 9.17) is 23.2 Å². The Morgan fingerprint density at radius 1 is 1.33 bits per heavy atom. The zero-order chi connectivity index (χ0) is 19.6. The quantitative estimate of drug-likeness (QED) is 0.700. The molecule has 27 heavy (non-hydrogen) atoms. The van der Waals surface area contributed by atoms with Gasteiger partial charge in [0.15, 0.2) is 5.13 Å². The largest absolute Gasteiger partial charge is 0.294 e. The van der Waals surface area contributed by atoms with Gasteiger partial charge in [-0.3, -0.25) is 14.4 Å². The number of hydrogen-bond acceptors (Lipinski definition) is 7. The lowest BCUT2D eigenvalue weighted by atomic mass is 10.2. The molecule has 2 aromatic rings. The molecular weight excluding hydrogens is 449 g/mol. The van der Waals surface area contributed by atoms with Gasteiger partial charge < -0.3 is 0 Å². The summed E-state index contributed by atoms with van der Waals surface area (Å²) in [6.45, 7) is 3.71. The Morgan fingerprint density at radius 2 is 2.11 bits per heavy atom. The van der Waals surface area contributed by atoms with Gasteiger partial charge in [0.2, 0.25) is 5.12 Å². The zero-order valence-corrected chi connectivity index (χ0v) is 18.3. The van der Waals surface area contributed by atoms with Gasteiger partial charge in [-0.2, -0.15) is 0 Å². The predicted molar refractivity (Wildman–Crippen MR) is 112 cm³/mol. The van der Waals surface area contributed by atoms with Crippen molar-refractivity contribution in [2.75, 3.05) is 30.1 Å². The highest BCUT2D eigenvalue weighted by atomic mass is 35.5. The first-order valence-corrected chi connectivity index (χ1v) is 12.1. The SMILES string of the molecule is Cc1cc(Cl)cc(Cl)c1S(=O)(=O)Nc1ncc(CCN2CCSC(=O)C2)s1. The van der Waals surface area contributed by atoms with Crippen molar-refractivity contribution in [3.8, 4) is 0 Å². The number of aryl methyl sites for hydroxylation is 1. The summed E-state index contributed by atoms with van der Waals surface area (Å²) in [5.74, 6) is 0.813. The van der Waals surface area contributed by atoms with E-state index in [-0.39, 0.29) is 20.2 Å². The van der Waals surface area contributed by atoms with E-state index >= 15 is 0 Å². The van der Waals surface area contributed by atoms with E-state index in [2.05, 4.69) is 14.6 Å². The van der Waals surface area contributed by atoms with Crippen LogP contribution in [0.25, 0.3) is 0 Å². The molecule has 0 spiro atoms. The summed E-state index contributed by atoms with van der Waals surface area (Å²) in [7, 11) is -3.87. The first-order valence-electron chi connectivity index (χ1n) is 8.06. The molecular formula is C16H17Cl2N3O3S3. The minimum absolute atomic E-state index is 0.00496. The monoisotopic (exact) mass is 465 g/mol. The highest BCUT2D eigenvalue weighted by Gasteiger charge is 2.23. The number of nitrogens with zero attached hydrogens (tertiary/aromatic N) is 2. The van der Waals surface area contributed by atoms with Crippen molar-refractivity contribution in [1.82, 2.24) is 9.88 Å². The number of thioether (sulfide) groups is 1. The van der Waals surface area contributed by atoms with Gasteiger partial charge in [-0.25, -0.2) is 13.4 Å². The Hall–Kier alpha value is -0.840. The molecule has 0 atom stereocenters. The van der Waals surface area contributed by atoms with Crippen LogP contribution in [0.3, 0.4) is 0 Å².